The summed E-state index contributed by atoms with van der Waals surface area (Å²) in [7, 11) is -2.74. The maximum atomic E-state index is 13.4. The Morgan fingerprint density at radius 2 is 1.70 bits per heavy atom. The van der Waals surface area contributed by atoms with Gasteiger partial charge in [0.1, 0.15) is 0 Å². The first-order valence-corrected chi connectivity index (χ1v) is 10.2. The van der Waals surface area contributed by atoms with E-state index in [1.807, 2.05) is 0 Å². The normalized spacial score (nSPS) is 12.4. The third-order valence-electron chi connectivity index (χ3n) is 4.88. The highest BCUT2D eigenvalue weighted by Crippen LogP contribution is 2.40. The molecule has 0 saturated carbocycles. The van der Waals surface area contributed by atoms with Crippen LogP contribution in [0.1, 0.15) is 5.56 Å². The topological polar surface area (TPSA) is 72.2 Å². The largest absolute Gasteiger partial charge is 0.416 e. The minimum atomic E-state index is -4.50. The summed E-state index contributed by atoms with van der Waals surface area (Å²) in [5.74, 6) is 0. The SMILES string of the molecule is Cn1nccc1-c1cc(C(F)(F)F)ccc1-c1cccc2cc(S(=O)(=O)O)ccc12. The molecule has 0 bridgehead atoms. The minimum absolute atomic E-state index is 0.258. The predicted molar refractivity (Wildman–Crippen MR) is 106 cm³/mol. The number of aromatic nitrogens is 2. The standard InChI is InChI=1S/C21H15F3N2O3S/c1-26-20(9-10-25-26)19-12-14(21(22,23)24)5-7-18(19)17-4-2-3-13-11-15(30(27,28)29)6-8-16(13)17/h2-12H,1H3,(H,27,28,29). The zero-order valence-electron chi connectivity index (χ0n) is 15.6. The van der Waals surface area contributed by atoms with Crippen molar-refractivity contribution in [3.8, 4) is 22.4 Å². The van der Waals surface area contributed by atoms with Crippen molar-refractivity contribution in [1.82, 2.24) is 9.78 Å². The van der Waals surface area contributed by atoms with Crippen molar-refractivity contribution in [3.05, 3.63) is 72.4 Å². The maximum absolute atomic E-state index is 13.4. The predicted octanol–water partition coefficient (Wildman–Crippen LogP) is 5.17. The second-order valence-corrected chi connectivity index (χ2v) is 8.18. The molecule has 4 aromatic rings. The minimum Gasteiger partial charge on any atom is -0.282 e. The van der Waals surface area contributed by atoms with Gasteiger partial charge in [-0.25, -0.2) is 0 Å². The molecular formula is C21H15F3N2O3S. The Labute approximate surface area is 170 Å². The van der Waals surface area contributed by atoms with E-state index in [9.17, 15) is 26.1 Å². The van der Waals surface area contributed by atoms with Crippen molar-refractivity contribution < 1.29 is 26.1 Å². The van der Waals surface area contributed by atoms with Gasteiger partial charge in [-0.2, -0.15) is 26.7 Å². The van der Waals surface area contributed by atoms with E-state index in [-0.39, 0.29) is 4.90 Å². The van der Waals surface area contributed by atoms with Crippen molar-refractivity contribution in [2.24, 2.45) is 7.05 Å². The lowest BCUT2D eigenvalue weighted by Gasteiger charge is -2.16. The van der Waals surface area contributed by atoms with Gasteiger partial charge in [-0.05, 0) is 52.2 Å². The first kappa shape index (κ1) is 20.1. The molecule has 4 rings (SSSR count). The Balaban J connectivity index is 2.01. The highest BCUT2D eigenvalue weighted by molar-refractivity contribution is 7.85. The summed E-state index contributed by atoms with van der Waals surface area (Å²) < 4.78 is 73.7. The number of nitrogens with zero attached hydrogens (tertiary/aromatic N) is 2. The van der Waals surface area contributed by atoms with Crippen LogP contribution in [0.2, 0.25) is 0 Å². The van der Waals surface area contributed by atoms with E-state index in [2.05, 4.69) is 5.10 Å². The highest BCUT2D eigenvalue weighted by atomic mass is 32.2. The van der Waals surface area contributed by atoms with Crippen molar-refractivity contribution in [3.63, 3.8) is 0 Å². The smallest absolute Gasteiger partial charge is 0.282 e. The Kier molecular flexibility index (Phi) is 4.67. The zero-order chi connectivity index (χ0) is 21.7. The van der Waals surface area contributed by atoms with Gasteiger partial charge in [0.05, 0.1) is 16.2 Å². The Morgan fingerprint density at radius 3 is 2.33 bits per heavy atom. The average molecular weight is 432 g/mol. The molecule has 5 nitrogen and oxygen atoms in total. The van der Waals surface area contributed by atoms with E-state index in [1.54, 1.807) is 31.3 Å². The number of fused-ring (bicyclic) bond motifs is 1. The highest BCUT2D eigenvalue weighted by Gasteiger charge is 2.31. The van der Waals surface area contributed by atoms with Crippen LogP contribution < -0.4 is 0 Å². The molecule has 0 aliphatic rings. The first-order chi connectivity index (χ1) is 14.1. The molecule has 3 aromatic carbocycles. The van der Waals surface area contributed by atoms with Crippen LogP contribution in [0.3, 0.4) is 0 Å². The fraction of sp³-hybridized carbons (Fsp3) is 0.0952. The summed E-state index contributed by atoms with van der Waals surface area (Å²) >= 11 is 0. The third-order valence-corrected chi connectivity index (χ3v) is 5.73. The van der Waals surface area contributed by atoms with Crippen LogP contribution >= 0.6 is 0 Å². The fourth-order valence-corrected chi connectivity index (χ4v) is 3.98. The summed E-state index contributed by atoms with van der Waals surface area (Å²) in [5, 5.41) is 5.22. The number of halogens is 3. The third kappa shape index (κ3) is 3.57. The Hall–Kier alpha value is -3.17. The molecule has 0 amide bonds. The lowest BCUT2D eigenvalue weighted by Crippen LogP contribution is -2.06. The maximum Gasteiger partial charge on any atom is 0.416 e. The molecule has 0 atom stereocenters. The van der Waals surface area contributed by atoms with Crippen molar-refractivity contribution in [2.75, 3.05) is 0 Å². The molecule has 0 spiro atoms. The molecule has 9 heteroatoms. The van der Waals surface area contributed by atoms with Gasteiger partial charge in [0, 0.05) is 18.8 Å². The first-order valence-electron chi connectivity index (χ1n) is 8.76. The van der Waals surface area contributed by atoms with Gasteiger partial charge in [-0.15, -0.1) is 0 Å². The van der Waals surface area contributed by atoms with E-state index in [0.717, 1.165) is 12.1 Å². The van der Waals surface area contributed by atoms with Crippen LogP contribution in [0.15, 0.2) is 71.8 Å². The van der Waals surface area contributed by atoms with E-state index < -0.39 is 21.9 Å². The van der Waals surface area contributed by atoms with E-state index in [0.29, 0.717) is 33.2 Å². The molecule has 1 N–H and O–H groups in total. The van der Waals surface area contributed by atoms with Crippen LogP contribution in [0, 0.1) is 0 Å². The van der Waals surface area contributed by atoms with Crippen LogP contribution in [-0.2, 0) is 23.3 Å². The average Bonchev–Trinajstić information content (AvgIpc) is 3.11. The van der Waals surface area contributed by atoms with Gasteiger partial charge in [0.25, 0.3) is 10.1 Å². The number of benzene rings is 3. The Morgan fingerprint density at radius 1 is 0.933 bits per heavy atom. The van der Waals surface area contributed by atoms with E-state index >= 15 is 0 Å². The molecule has 1 heterocycles. The van der Waals surface area contributed by atoms with Gasteiger partial charge >= 0.3 is 6.18 Å². The Bertz CT molecular complexity index is 1380. The van der Waals surface area contributed by atoms with Crippen molar-refractivity contribution in [1.29, 1.82) is 0 Å². The van der Waals surface area contributed by atoms with Crippen molar-refractivity contribution in [2.45, 2.75) is 11.1 Å². The zero-order valence-corrected chi connectivity index (χ0v) is 16.4. The molecule has 1 aromatic heterocycles. The van der Waals surface area contributed by atoms with Gasteiger partial charge in [-0.3, -0.25) is 9.23 Å². The van der Waals surface area contributed by atoms with Gasteiger partial charge in [0.2, 0.25) is 0 Å². The second-order valence-electron chi connectivity index (χ2n) is 6.76. The molecule has 154 valence electrons. The molecule has 0 unspecified atom stereocenters. The van der Waals surface area contributed by atoms with Crippen LogP contribution in [0.5, 0.6) is 0 Å². The molecular weight excluding hydrogens is 417 g/mol. The fourth-order valence-electron chi connectivity index (χ4n) is 3.46. The number of hydrogen-bond acceptors (Lipinski definition) is 3. The van der Waals surface area contributed by atoms with Crippen LogP contribution in [0.25, 0.3) is 33.2 Å². The lowest BCUT2D eigenvalue weighted by atomic mass is 9.92. The van der Waals surface area contributed by atoms with Crippen LogP contribution in [0.4, 0.5) is 13.2 Å². The number of hydrogen-bond donors (Lipinski definition) is 1. The van der Waals surface area contributed by atoms with E-state index in [4.69, 9.17) is 0 Å². The second kappa shape index (κ2) is 6.96. The summed E-state index contributed by atoms with van der Waals surface area (Å²) in [5.41, 5.74) is 1.23. The van der Waals surface area contributed by atoms with Crippen LogP contribution in [-0.4, -0.2) is 22.8 Å². The summed E-state index contributed by atoms with van der Waals surface area (Å²) in [4.78, 5) is -0.258. The van der Waals surface area contributed by atoms with Crippen molar-refractivity contribution >= 4 is 20.9 Å². The van der Waals surface area contributed by atoms with Gasteiger partial charge in [0.15, 0.2) is 0 Å². The molecule has 0 saturated heterocycles. The molecule has 0 aliphatic carbocycles. The summed E-state index contributed by atoms with van der Waals surface area (Å²) in [6.45, 7) is 0. The molecule has 0 radical (unpaired) electrons. The summed E-state index contributed by atoms with van der Waals surface area (Å²) in [6, 6.07) is 14.3. The van der Waals surface area contributed by atoms with Gasteiger partial charge in [-0.1, -0.05) is 30.3 Å². The quantitative estimate of drug-likeness (QED) is 0.453. The van der Waals surface area contributed by atoms with Gasteiger partial charge < -0.3 is 0 Å². The number of aryl methyl sites for hydroxylation is 1. The molecule has 0 fully saturated rings. The number of rotatable bonds is 3. The molecule has 30 heavy (non-hydrogen) atoms. The molecule has 0 aliphatic heterocycles. The van der Waals surface area contributed by atoms with E-state index in [1.165, 1.54) is 35.1 Å². The lowest BCUT2D eigenvalue weighted by molar-refractivity contribution is -0.137. The number of alkyl halides is 3. The monoisotopic (exact) mass is 432 g/mol. The summed E-state index contributed by atoms with van der Waals surface area (Å²) in [6.07, 6.45) is -3.00.